The lowest BCUT2D eigenvalue weighted by Gasteiger charge is -2.44. The Labute approximate surface area is 170 Å². The molecule has 4 aliphatic rings. The largest absolute Gasteiger partial charge is 0.495 e. The molecule has 2 saturated heterocycles. The molecule has 4 heteroatoms. The van der Waals surface area contributed by atoms with Crippen LogP contribution in [-0.4, -0.2) is 68.8 Å². The van der Waals surface area contributed by atoms with Crippen molar-refractivity contribution < 1.29 is 4.74 Å². The Hall–Kier alpha value is -1.52. The van der Waals surface area contributed by atoms with Crippen LogP contribution in [-0.2, 0) is 0 Å². The number of rotatable bonds is 5. The Bertz CT molecular complexity index is 689. The predicted molar refractivity (Wildman–Crippen MR) is 115 cm³/mol. The molecule has 2 bridgehead atoms. The molecule has 4 nitrogen and oxygen atoms in total. The van der Waals surface area contributed by atoms with Crippen LogP contribution < -0.4 is 9.64 Å². The van der Waals surface area contributed by atoms with Crippen molar-refractivity contribution >= 4 is 5.69 Å². The molecule has 2 heterocycles. The third-order valence-electron chi connectivity index (χ3n) is 7.72. The van der Waals surface area contributed by atoms with Gasteiger partial charge in [0.25, 0.3) is 0 Å². The zero-order chi connectivity index (χ0) is 18.9. The van der Waals surface area contributed by atoms with Crippen LogP contribution in [0.2, 0.25) is 0 Å². The van der Waals surface area contributed by atoms with Crippen molar-refractivity contribution in [2.45, 2.75) is 31.7 Å². The molecule has 0 spiro atoms. The number of benzene rings is 1. The fraction of sp³-hybridized carbons (Fsp3) is 0.667. The van der Waals surface area contributed by atoms with Crippen molar-refractivity contribution in [2.75, 3.05) is 57.8 Å². The number of piperazine rings is 1. The minimum absolute atomic E-state index is 0.788. The summed E-state index contributed by atoms with van der Waals surface area (Å²) in [4.78, 5) is 8.01. The Morgan fingerprint density at radius 2 is 1.71 bits per heavy atom. The Morgan fingerprint density at radius 1 is 0.929 bits per heavy atom. The van der Waals surface area contributed by atoms with Crippen LogP contribution in [0.15, 0.2) is 36.4 Å². The summed E-state index contributed by atoms with van der Waals surface area (Å²) in [5.74, 6) is 3.74. The van der Waals surface area contributed by atoms with Crippen LogP contribution in [0.25, 0.3) is 0 Å². The number of hydrogen-bond acceptors (Lipinski definition) is 4. The van der Waals surface area contributed by atoms with E-state index in [9.17, 15) is 0 Å². The lowest BCUT2D eigenvalue weighted by Crippen LogP contribution is -2.53. The van der Waals surface area contributed by atoms with Gasteiger partial charge in [0.15, 0.2) is 0 Å². The zero-order valence-corrected chi connectivity index (χ0v) is 17.3. The molecular formula is C24H35N3O. The normalized spacial score (nSPS) is 31.6. The fourth-order valence-electron chi connectivity index (χ4n) is 6.12. The summed E-state index contributed by atoms with van der Waals surface area (Å²) in [6.45, 7) is 8.53. The third-order valence-corrected chi connectivity index (χ3v) is 7.72. The number of allylic oxidation sites excluding steroid dienone is 2. The van der Waals surface area contributed by atoms with Gasteiger partial charge in [0, 0.05) is 38.8 Å². The number of likely N-dealkylation sites (tertiary alicyclic amines) is 1. The lowest BCUT2D eigenvalue weighted by molar-refractivity contribution is 0.0918. The smallest absolute Gasteiger partial charge is 0.142 e. The maximum absolute atomic E-state index is 5.56. The van der Waals surface area contributed by atoms with Crippen molar-refractivity contribution in [3.63, 3.8) is 0 Å². The molecule has 0 radical (unpaired) electrons. The molecule has 5 rings (SSSR count). The molecule has 1 aromatic carbocycles. The monoisotopic (exact) mass is 381 g/mol. The summed E-state index contributed by atoms with van der Waals surface area (Å²) >= 11 is 0. The topological polar surface area (TPSA) is 19.0 Å². The van der Waals surface area contributed by atoms with E-state index in [0.29, 0.717) is 0 Å². The number of anilines is 1. The van der Waals surface area contributed by atoms with E-state index in [4.69, 9.17) is 4.74 Å². The van der Waals surface area contributed by atoms with Gasteiger partial charge in [-0.3, -0.25) is 4.90 Å². The van der Waals surface area contributed by atoms with Crippen LogP contribution in [0, 0.1) is 17.8 Å². The fourth-order valence-corrected chi connectivity index (χ4v) is 6.12. The van der Waals surface area contributed by atoms with Gasteiger partial charge in [0.1, 0.15) is 5.75 Å². The molecule has 152 valence electrons. The summed E-state index contributed by atoms with van der Waals surface area (Å²) in [6, 6.07) is 9.22. The van der Waals surface area contributed by atoms with Crippen LogP contribution in [0.1, 0.15) is 25.7 Å². The van der Waals surface area contributed by atoms with Crippen molar-refractivity contribution in [1.29, 1.82) is 0 Å². The van der Waals surface area contributed by atoms with E-state index < -0.39 is 0 Å². The first-order chi connectivity index (χ1) is 13.8. The SMILES string of the molecule is COc1ccccc1N1CCN(C2CCN(C[C@@H]3C[C@@H]4C=C[C@@H]3C4)CC2)CC1. The molecule has 0 aromatic heterocycles. The summed E-state index contributed by atoms with van der Waals surface area (Å²) in [5, 5.41) is 0. The van der Waals surface area contributed by atoms with Gasteiger partial charge in [-0.05, 0) is 68.7 Å². The van der Waals surface area contributed by atoms with Gasteiger partial charge in [0.2, 0.25) is 0 Å². The van der Waals surface area contributed by atoms with Gasteiger partial charge < -0.3 is 14.5 Å². The summed E-state index contributed by atoms with van der Waals surface area (Å²) < 4.78 is 5.56. The Morgan fingerprint density at radius 3 is 2.39 bits per heavy atom. The van der Waals surface area contributed by atoms with E-state index in [1.165, 1.54) is 64.1 Å². The number of hydrogen-bond donors (Lipinski definition) is 0. The number of ether oxygens (including phenoxy) is 1. The van der Waals surface area contributed by atoms with E-state index in [2.05, 4.69) is 51.1 Å². The van der Waals surface area contributed by atoms with Crippen LogP contribution in [0.4, 0.5) is 5.69 Å². The summed E-state index contributed by atoms with van der Waals surface area (Å²) in [5.41, 5.74) is 1.25. The van der Waals surface area contributed by atoms with E-state index >= 15 is 0 Å². The Balaban J connectivity index is 1.09. The van der Waals surface area contributed by atoms with Gasteiger partial charge >= 0.3 is 0 Å². The van der Waals surface area contributed by atoms with Gasteiger partial charge in [-0.2, -0.15) is 0 Å². The molecule has 0 amide bonds. The molecule has 3 fully saturated rings. The molecule has 2 aliphatic heterocycles. The number of methoxy groups -OCH3 is 1. The van der Waals surface area contributed by atoms with Gasteiger partial charge in [0.05, 0.1) is 12.8 Å². The zero-order valence-electron chi connectivity index (χ0n) is 17.3. The average Bonchev–Trinajstić information content (AvgIpc) is 3.38. The summed E-state index contributed by atoms with van der Waals surface area (Å²) in [7, 11) is 1.77. The van der Waals surface area contributed by atoms with Crippen molar-refractivity contribution in [3.8, 4) is 5.75 Å². The van der Waals surface area contributed by atoms with E-state index in [1.54, 1.807) is 7.11 Å². The molecule has 0 unspecified atom stereocenters. The highest BCUT2D eigenvalue weighted by Gasteiger charge is 2.37. The van der Waals surface area contributed by atoms with Crippen molar-refractivity contribution in [3.05, 3.63) is 36.4 Å². The molecule has 2 aliphatic carbocycles. The molecular weight excluding hydrogens is 346 g/mol. The molecule has 28 heavy (non-hydrogen) atoms. The first-order valence-corrected chi connectivity index (χ1v) is 11.3. The second kappa shape index (κ2) is 8.08. The maximum atomic E-state index is 5.56. The number of fused-ring (bicyclic) bond motifs is 2. The van der Waals surface area contributed by atoms with Crippen LogP contribution in [0.5, 0.6) is 5.75 Å². The third kappa shape index (κ3) is 3.69. The van der Waals surface area contributed by atoms with Gasteiger partial charge in [-0.25, -0.2) is 0 Å². The highest BCUT2D eigenvalue weighted by Crippen LogP contribution is 2.43. The Kier molecular flexibility index (Phi) is 5.34. The maximum Gasteiger partial charge on any atom is 0.142 e. The van der Waals surface area contributed by atoms with Crippen LogP contribution in [0.3, 0.4) is 0 Å². The van der Waals surface area contributed by atoms with Crippen molar-refractivity contribution in [2.24, 2.45) is 17.8 Å². The number of para-hydroxylation sites is 2. The van der Waals surface area contributed by atoms with Gasteiger partial charge in [-0.15, -0.1) is 0 Å². The summed E-state index contributed by atoms with van der Waals surface area (Å²) in [6.07, 6.45) is 10.6. The predicted octanol–water partition coefficient (Wildman–Crippen LogP) is 3.49. The minimum atomic E-state index is 0.788. The highest BCUT2D eigenvalue weighted by atomic mass is 16.5. The quantitative estimate of drug-likeness (QED) is 0.727. The van der Waals surface area contributed by atoms with Gasteiger partial charge in [-0.1, -0.05) is 24.3 Å². The minimum Gasteiger partial charge on any atom is -0.495 e. The lowest BCUT2D eigenvalue weighted by atomic mass is 9.92. The van der Waals surface area contributed by atoms with Crippen LogP contribution >= 0.6 is 0 Å². The highest BCUT2D eigenvalue weighted by molar-refractivity contribution is 5.58. The molecule has 1 saturated carbocycles. The van der Waals surface area contributed by atoms with E-state index in [0.717, 1.165) is 42.6 Å². The van der Waals surface area contributed by atoms with E-state index in [-0.39, 0.29) is 0 Å². The van der Waals surface area contributed by atoms with Crippen molar-refractivity contribution in [1.82, 2.24) is 9.80 Å². The first kappa shape index (κ1) is 18.5. The first-order valence-electron chi connectivity index (χ1n) is 11.3. The van der Waals surface area contributed by atoms with E-state index in [1.807, 2.05) is 0 Å². The second-order valence-corrected chi connectivity index (χ2v) is 9.27. The second-order valence-electron chi connectivity index (χ2n) is 9.27. The number of nitrogens with zero attached hydrogens (tertiary/aromatic N) is 3. The standard InChI is InChI=1S/C24H35N3O/c1-28-24-5-3-2-4-23(24)27-14-12-26(13-15-27)22-8-10-25(11-9-22)18-21-17-19-6-7-20(21)16-19/h2-7,19-22H,8-18H2,1H3/t19-,20-,21+/m1/s1. The molecule has 0 N–H and O–H groups in total. The average molecular weight is 382 g/mol. The number of piperidine rings is 1. The molecule has 3 atom stereocenters. The molecule has 1 aromatic rings.